The fourth-order valence-electron chi connectivity index (χ4n) is 4.10. The third-order valence-corrected chi connectivity index (χ3v) is 7.66. The SMILES string of the molecule is Cc1cc(/C=N/NC(=O)c2ccc(N(Cc3ccccc3)S(C)(=O)=O)cc2)c(C)n1-c1ccc(Cl)cc1Cl. The van der Waals surface area contributed by atoms with Crippen LogP contribution in [0, 0.1) is 13.8 Å². The summed E-state index contributed by atoms with van der Waals surface area (Å²) < 4.78 is 28.1. The van der Waals surface area contributed by atoms with Crippen molar-refractivity contribution in [2.75, 3.05) is 10.6 Å². The molecule has 10 heteroatoms. The second kappa shape index (κ2) is 11.4. The van der Waals surface area contributed by atoms with Crippen LogP contribution in [0.2, 0.25) is 10.0 Å². The molecule has 1 aromatic heterocycles. The molecule has 0 atom stereocenters. The Morgan fingerprint density at radius 3 is 2.32 bits per heavy atom. The van der Waals surface area contributed by atoms with Crippen LogP contribution >= 0.6 is 23.2 Å². The summed E-state index contributed by atoms with van der Waals surface area (Å²) in [7, 11) is -3.53. The Kier molecular flexibility index (Phi) is 8.26. The molecule has 0 saturated carbocycles. The Balaban J connectivity index is 1.47. The molecule has 0 unspecified atom stereocenters. The smallest absolute Gasteiger partial charge is 0.271 e. The highest BCUT2D eigenvalue weighted by atomic mass is 35.5. The van der Waals surface area contributed by atoms with Crippen LogP contribution in [0.15, 0.2) is 84.0 Å². The molecule has 0 saturated heterocycles. The number of anilines is 1. The lowest BCUT2D eigenvalue weighted by atomic mass is 10.2. The maximum absolute atomic E-state index is 12.7. The fraction of sp³-hybridized carbons (Fsp3) is 0.143. The molecule has 4 aromatic rings. The summed E-state index contributed by atoms with van der Waals surface area (Å²) in [4.78, 5) is 12.7. The summed E-state index contributed by atoms with van der Waals surface area (Å²) in [6.45, 7) is 4.07. The normalized spacial score (nSPS) is 11.6. The van der Waals surface area contributed by atoms with Crippen molar-refractivity contribution in [3.63, 3.8) is 0 Å². The van der Waals surface area contributed by atoms with Crippen molar-refractivity contribution in [2.24, 2.45) is 5.10 Å². The zero-order valence-electron chi connectivity index (χ0n) is 21.0. The Morgan fingerprint density at radius 2 is 1.68 bits per heavy atom. The molecule has 0 fully saturated rings. The lowest BCUT2D eigenvalue weighted by molar-refractivity contribution is 0.0955. The van der Waals surface area contributed by atoms with Crippen LogP contribution in [0.4, 0.5) is 5.69 Å². The highest BCUT2D eigenvalue weighted by Crippen LogP contribution is 2.28. The van der Waals surface area contributed by atoms with Gasteiger partial charge in [-0.15, -0.1) is 0 Å². The Morgan fingerprint density at radius 1 is 1.00 bits per heavy atom. The first-order chi connectivity index (χ1) is 18.0. The Labute approximate surface area is 232 Å². The van der Waals surface area contributed by atoms with Gasteiger partial charge in [0.25, 0.3) is 5.91 Å². The van der Waals surface area contributed by atoms with E-state index < -0.39 is 15.9 Å². The summed E-state index contributed by atoms with van der Waals surface area (Å²) in [6.07, 6.45) is 2.73. The van der Waals surface area contributed by atoms with Gasteiger partial charge in [-0.1, -0.05) is 53.5 Å². The van der Waals surface area contributed by atoms with Crippen molar-refractivity contribution in [3.05, 3.63) is 117 Å². The maximum Gasteiger partial charge on any atom is 0.271 e. The number of halogens is 2. The van der Waals surface area contributed by atoms with E-state index in [1.165, 1.54) is 4.31 Å². The van der Waals surface area contributed by atoms with Crippen LogP contribution < -0.4 is 9.73 Å². The van der Waals surface area contributed by atoms with Gasteiger partial charge in [0, 0.05) is 27.5 Å². The standard InChI is InChI=1S/C28H26Cl2N4O3S/c1-19-15-23(20(2)34(19)27-14-11-24(29)16-26(27)30)17-31-32-28(35)22-9-12-25(13-10-22)33(38(3,36)37)18-21-7-5-4-6-8-21/h4-17H,18H2,1-3H3,(H,32,35)/b31-17+. The zero-order chi connectivity index (χ0) is 27.4. The molecule has 0 aliphatic heterocycles. The van der Waals surface area contributed by atoms with E-state index in [1.807, 2.05) is 60.9 Å². The number of aromatic nitrogens is 1. The van der Waals surface area contributed by atoms with Gasteiger partial charge in [0.2, 0.25) is 10.0 Å². The number of aryl methyl sites for hydroxylation is 1. The first-order valence-electron chi connectivity index (χ1n) is 11.6. The third kappa shape index (κ3) is 6.27. The number of hydrogen-bond acceptors (Lipinski definition) is 4. The summed E-state index contributed by atoms with van der Waals surface area (Å²) in [5.74, 6) is -0.420. The second-order valence-corrected chi connectivity index (χ2v) is 11.5. The van der Waals surface area contributed by atoms with Gasteiger partial charge < -0.3 is 4.57 Å². The van der Waals surface area contributed by atoms with Crippen LogP contribution in [-0.4, -0.2) is 31.4 Å². The van der Waals surface area contributed by atoms with E-state index in [2.05, 4.69) is 10.5 Å². The molecule has 1 N–H and O–H groups in total. The second-order valence-electron chi connectivity index (χ2n) is 8.76. The van der Waals surface area contributed by atoms with Crippen molar-refractivity contribution in [3.8, 4) is 5.69 Å². The highest BCUT2D eigenvalue weighted by Gasteiger charge is 2.18. The van der Waals surface area contributed by atoms with Crippen LogP contribution in [0.25, 0.3) is 5.69 Å². The number of nitrogens with zero attached hydrogens (tertiary/aromatic N) is 3. The number of nitrogens with one attached hydrogen (secondary N) is 1. The van der Waals surface area contributed by atoms with Crippen molar-refractivity contribution < 1.29 is 13.2 Å². The van der Waals surface area contributed by atoms with Gasteiger partial charge in [-0.25, -0.2) is 13.8 Å². The first-order valence-corrected chi connectivity index (χ1v) is 14.2. The number of rotatable bonds is 8. The van der Waals surface area contributed by atoms with E-state index in [0.717, 1.165) is 34.5 Å². The maximum atomic E-state index is 12.7. The number of benzene rings is 3. The molecule has 0 radical (unpaired) electrons. The van der Waals surface area contributed by atoms with Crippen molar-refractivity contribution >= 4 is 51.0 Å². The van der Waals surface area contributed by atoms with Crippen molar-refractivity contribution in [1.82, 2.24) is 9.99 Å². The Hall–Kier alpha value is -3.59. The molecule has 0 aliphatic rings. The minimum absolute atomic E-state index is 0.190. The van der Waals surface area contributed by atoms with Gasteiger partial charge in [0.15, 0.2) is 0 Å². The van der Waals surface area contributed by atoms with Crippen molar-refractivity contribution in [2.45, 2.75) is 20.4 Å². The van der Waals surface area contributed by atoms with E-state index in [1.54, 1.807) is 42.6 Å². The minimum atomic E-state index is -3.53. The number of amides is 1. The molecule has 7 nitrogen and oxygen atoms in total. The van der Waals surface area contributed by atoms with Gasteiger partial charge in [0.05, 0.1) is 35.4 Å². The van der Waals surface area contributed by atoms with Crippen molar-refractivity contribution in [1.29, 1.82) is 0 Å². The predicted octanol–water partition coefficient (Wildman–Crippen LogP) is 6.13. The first kappa shape index (κ1) is 27.4. The number of hydrazone groups is 1. The van der Waals surface area contributed by atoms with Gasteiger partial charge in [-0.3, -0.25) is 9.10 Å². The molecule has 196 valence electrons. The van der Waals surface area contributed by atoms with Crippen LogP contribution in [-0.2, 0) is 16.6 Å². The lowest BCUT2D eigenvalue weighted by Gasteiger charge is -2.22. The van der Waals surface area contributed by atoms with Crippen LogP contribution in [0.5, 0.6) is 0 Å². The van der Waals surface area contributed by atoms with E-state index in [0.29, 0.717) is 21.3 Å². The average Bonchev–Trinajstić information content (AvgIpc) is 3.15. The monoisotopic (exact) mass is 568 g/mol. The van der Waals surface area contributed by atoms with E-state index in [-0.39, 0.29) is 6.54 Å². The topological polar surface area (TPSA) is 83.8 Å². The molecular formula is C28H26Cl2N4O3S. The molecule has 1 amide bonds. The number of sulfonamides is 1. The molecule has 0 aliphatic carbocycles. The summed E-state index contributed by atoms with van der Waals surface area (Å²) in [5, 5.41) is 5.20. The van der Waals surface area contributed by atoms with Gasteiger partial charge in [-0.05, 0) is 67.9 Å². The Bertz CT molecular complexity index is 1600. The number of carbonyl (C=O) groups excluding carboxylic acids is 1. The van der Waals surface area contributed by atoms with E-state index in [9.17, 15) is 13.2 Å². The molecule has 1 heterocycles. The van der Waals surface area contributed by atoms with Crippen LogP contribution in [0.3, 0.4) is 0 Å². The predicted molar refractivity (Wildman–Crippen MR) is 154 cm³/mol. The quantitative estimate of drug-likeness (QED) is 0.205. The van der Waals surface area contributed by atoms with Gasteiger partial charge in [0.1, 0.15) is 0 Å². The van der Waals surface area contributed by atoms with Gasteiger partial charge in [-0.2, -0.15) is 5.10 Å². The third-order valence-electron chi connectivity index (χ3n) is 5.98. The van der Waals surface area contributed by atoms with E-state index >= 15 is 0 Å². The van der Waals surface area contributed by atoms with Gasteiger partial charge >= 0.3 is 0 Å². The summed E-state index contributed by atoms with van der Waals surface area (Å²) in [6, 6.07) is 22.9. The molecular weight excluding hydrogens is 543 g/mol. The largest absolute Gasteiger partial charge is 0.316 e. The highest BCUT2D eigenvalue weighted by molar-refractivity contribution is 7.92. The molecule has 3 aromatic carbocycles. The molecule has 0 spiro atoms. The summed E-state index contributed by atoms with van der Waals surface area (Å²) >= 11 is 12.4. The molecule has 4 rings (SSSR count). The molecule has 0 bridgehead atoms. The summed E-state index contributed by atoms with van der Waals surface area (Å²) in [5.41, 5.74) is 7.64. The zero-order valence-corrected chi connectivity index (χ0v) is 23.3. The molecule has 38 heavy (non-hydrogen) atoms. The van der Waals surface area contributed by atoms with E-state index in [4.69, 9.17) is 23.2 Å². The average molecular weight is 570 g/mol. The fourth-order valence-corrected chi connectivity index (χ4v) is 5.49. The minimum Gasteiger partial charge on any atom is -0.316 e. The lowest BCUT2D eigenvalue weighted by Crippen LogP contribution is -2.29. The van der Waals surface area contributed by atoms with Crippen LogP contribution in [0.1, 0.15) is 32.9 Å². The number of carbonyl (C=O) groups is 1. The number of hydrogen-bond donors (Lipinski definition) is 1.